The van der Waals surface area contributed by atoms with Crippen molar-refractivity contribution >= 4 is 50.1 Å². The lowest BCUT2D eigenvalue weighted by Gasteiger charge is -2.05. The number of benzene rings is 1. The number of fused-ring (bicyclic) bond motifs is 1. The highest BCUT2D eigenvalue weighted by Crippen LogP contribution is 2.40. The molecule has 0 saturated carbocycles. The van der Waals surface area contributed by atoms with E-state index in [2.05, 4.69) is 38.5 Å². The van der Waals surface area contributed by atoms with Gasteiger partial charge in [0.2, 0.25) is 0 Å². The number of hydrogen-bond donors (Lipinski definition) is 0. The molecule has 0 atom stereocenters. The summed E-state index contributed by atoms with van der Waals surface area (Å²) in [6.45, 7) is 0.0362. The van der Waals surface area contributed by atoms with Crippen LogP contribution in [0.2, 0.25) is 5.02 Å². The van der Waals surface area contributed by atoms with E-state index < -0.39 is 6.37 Å². The molecule has 0 aliphatic carbocycles. The molecule has 2 rings (SSSR count). The van der Waals surface area contributed by atoms with Crippen LogP contribution in [0.5, 0.6) is 5.75 Å². The standard InChI is InChI=1S/C8H5BrClIO/c9-5-3-6(11)8-4(7(5)10)1-2-12-8/h3H,1-2H2/i1D2. The van der Waals surface area contributed by atoms with Gasteiger partial charge in [-0.3, -0.25) is 0 Å². The molecule has 0 amide bonds. The molecule has 1 aromatic carbocycles. The molecular weight excluding hydrogens is 354 g/mol. The fourth-order valence-electron chi connectivity index (χ4n) is 1.06. The maximum Gasteiger partial charge on any atom is 0.137 e. The maximum absolute atomic E-state index is 7.74. The van der Waals surface area contributed by atoms with Gasteiger partial charge in [-0.05, 0) is 44.6 Å². The van der Waals surface area contributed by atoms with Crippen molar-refractivity contribution < 1.29 is 7.48 Å². The van der Waals surface area contributed by atoms with Crippen LogP contribution < -0.4 is 4.74 Å². The van der Waals surface area contributed by atoms with Gasteiger partial charge in [0.1, 0.15) is 5.75 Å². The van der Waals surface area contributed by atoms with Gasteiger partial charge in [-0.25, -0.2) is 0 Å². The van der Waals surface area contributed by atoms with Gasteiger partial charge in [-0.2, -0.15) is 0 Å². The molecule has 1 heterocycles. The normalized spacial score (nSPS) is 20.9. The average Bonchev–Trinajstić information content (AvgIpc) is 2.38. The van der Waals surface area contributed by atoms with Gasteiger partial charge in [0.05, 0.1) is 15.2 Å². The van der Waals surface area contributed by atoms with Gasteiger partial charge in [0.25, 0.3) is 0 Å². The van der Waals surface area contributed by atoms with E-state index in [1.165, 1.54) is 0 Å². The second-order valence-electron chi connectivity index (χ2n) is 2.32. The SMILES string of the molecule is [2H]C1([2H])COc2c(I)cc(Br)c(Cl)c21. The molecule has 0 fully saturated rings. The third-order valence-corrected chi connectivity index (χ3v) is 3.64. The van der Waals surface area contributed by atoms with Crippen LogP contribution in [0.4, 0.5) is 0 Å². The zero-order valence-corrected chi connectivity index (χ0v) is 10.3. The Bertz CT molecular complexity index is 411. The summed E-state index contributed by atoms with van der Waals surface area (Å²) in [5.41, 5.74) is 0.456. The van der Waals surface area contributed by atoms with E-state index in [1.54, 1.807) is 0 Å². The third-order valence-electron chi connectivity index (χ3n) is 1.59. The Balaban J connectivity index is 2.75. The summed E-state index contributed by atoms with van der Waals surface area (Å²) in [7, 11) is 0. The monoisotopic (exact) mass is 360 g/mol. The Hall–Kier alpha value is 0.520. The second-order valence-corrected chi connectivity index (χ2v) is 4.72. The van der Waals surface area contributed by atoms with Crippen LogP contribution in [0.25, 0.3) is 0 Å². The topological polar surface area (TPSA) is 9.23 Å². The molecule has 1 aromatic rings. The highest BCUT2D eigenvalue weighted by atomic mass is 127. The quantitative estimate of drug-likeness (QED) is 0.506. The van der Waals surface area contributed by atoms with E-state index in [0.29, 0.717) is 20.8 Å². The molecule has 1 aliphatic rings. The van der Waals surface area contributed by atoms with Gasteiger partial charge >= 0.3 is 0 Å². The molecule has 0 unspecified atom stereocenters. The van der Waals surface area contributed by atoms with Crippen molar-refractivity contribution in [2.24, 2.45) is 0 Å². The number of hydrogen-bond acceptors (Lipinski definition) is 1. The molecule has 0 aromatic heterocycles. The predicted molar refractivity (Wildman–Crippen MR) is 61.1 cm³/mol. The molecule has 12 heavy (non-hydrogen) atoms. The van der Waals surface area contributed by atoms with Crippen LogP contribution in [-0.4, -0.2) is 6.61 Å². The van der Waals surface area contributed by atoms with Crippen molar-refractivity contribution in [1.29, 1.82) is 0 Å². The summed E-state index contributed by atoms with van der Waals surface area (Å²) in [4.78, 5) is 0. The zero-order chi connectivity index (χ0) is 10.5. The van der Waals surface area contributed by atoms with Crippen molar-refractivity contribution in [3.8, 4) is 5.75 Å². The van der Waals surface area contributed by atoms with E-state index in [9.17, 15) is 0 Å². The minimum absolute atomic E-state index is 0.0362. The summed E-state index contributed by atoms with van der Waals surface area (Å²) in [5.74, 6) is 0.573. The van der Waals surface area contributed by atoms with Crippen molar-refractivity contribution in [3.63, 3.8) is 0 Å². The first-order valence-corrected chi connectivity index (χ1v) is 5.49. The minimum atomic E-state index is -1.49. The van der Waals surface area contributed by atoms with Crippen LogP contribution in [0.1, 0.15) is 8.30 Å². The first-order chi connectivity index (χ1) is 6.43. The minimum Gasteiger partial charge on any atom is -0.492 e. The lowest BCUT2D eigenvalue weighted by atomic mass is 10.2. The fraction of sp³-hybridized carbons (Fsp3) is 0.250. The molecular formula is C8H5BrClIO. The lowest BCUT2D eigenvalue weighted by Crippen LogP contribution is -1.87. The van der Waals surface area contributed by atoms with E-state index in [0.717, 1.165) is 3.57 Å². The number of ether oxygens (including phenoxy) is 1. The van der Waals surface area contributed by atoms with Crippen LogP contribution in [0.15, 0.2) is 10.5 Å². The molecule has 0 bridgehead atoms. The summed E-state index contributed by atoms with van der Waals surface area (Å²) < 4.78 is 22.3. The highest BCUT2D eigenvalue weighted by molar-refractivity contribution is 14.1. The van der Waals surface area contributed by atoms with E-state index in [4.69, 9.17) is 19.1 Å². The zero-order valence-electron chi connectivity index (χ0n) is 7.83. The number of rotatable bonds is 0. The van der Waals surface area contributed by atoms with Gasteiger partial charge in [0, 0.05) is 19.2 Å². The van der Waals surface area contributed by atoms with Gasteiger partial charge < -0.3 is 4.74 Å². The van der Waals surface area contributed by atoms with Crippen molar-refractivity contribution in [2.45, 2.75) is 6.37 Å². The van der Waals surface area contributed by atoms with E-state index in [-0.39, 0.29) is 6.61 Å². The van der Waals surface area contributed by atoms with Crippen molar-refractivity contribution in [3.05, 3.63) is 24.7 Å². The van der Waals surface area contributed by atoms with E-state index in [1.807, 2.05) is 6.07 Å². The molecule has 0 N–H and O–H groups in total. The van der Waals surface area contributed by atoms with E-state index >= 15 is 0 Å². The molecule has 1 aliphatic heterocycles. The number of halogens is 3. The first kappa shape index (κ1) is 6.90. The summed E-state index contributed by atoms with van der Waals surface area (Å²) >= 11 is 11.4. The van der Waals surface area contributed by atoms with Gasteiger partial charge in [-0.1, -0.05) is 11.6 Å². The summed E-state index contributed by atoms with van der Waals surface area (Å²) in [5, 5.41) is 0.405. The first-order valence-electron chi connectivity index (χ1n) is 4.24. The van der Waals surface area contributed by atoms with Gasteiger partial charge in [0.15, 0.2) is 0 Å². The smallest absolute Gasteiger partial charge is 0.137 e. The Labute approximate surface area is 101 Å². The van der Waals surface area contributed by atoms with Crippen LogP contribution in [0, 0.1) is 3.57 Å². The van der Waals surface area contributed by atoms with Crippen LogP contribution >= 0.6 is 50.1 Å². The predicted octanol–water partition coefficient (Wildman–Crippen LogP) is 3.64. The second kappa shape index (κ2) is 3.35. The molecule has 0 saturated heterocycles. The van der Waals surface area contributed by atoms with Crippen LogP contribution in [-0.2, 0) is 6.37 Å². The van der Waals surface area contributed by atoms with Gasteiger partial charge in [-0.15, -0.1) is 0 Å². The molecule has 64 valence electrons. The molecule has 1 nitrogen and oxygen atoms in total. The Kier molecular flexibility index (Phi) is 1.92. The summed E-state index contributed by atoms with van der Waals surface area (Å²) in [6, 6.07) is 1.82. The van der Waals surface area contributed by atoms with Crippen molar-refractivity contribution in [2.75, 3.05) is 6.61 Å². The third kappa shape index (κ3) is 1.36. The maximum atomic E-state index is 7.74. The summed E-state index contributed by atoms with van der Waals surface area (Å²) in [6.07, 6.45) is -1.49. The Morgan fingerprint density at radius 3 is 3.25 bits per heavy atom. The average molecular weight is 361 g/mol. The largest absolute Gasteiger partial charge is 0.492 e. The highest BCUT2D eigenvalue weighted by Gasteiger charge is 2.20. The van der Waals surface area contributed by atoms with Crippen molar-refractivity contribution in [1.82, 2.24) is 0 Å². The van der Waals surface area contributed by atoms with Crippen LogP contribution in [0.3, 0.4) is 0 Å². The Morgan fingerprint density at radius 1 is 1.75 bits per heavy atom. The molecule has 0 radical (unpaired) electrons. The molecule has 4 heteroatoms. The molecule has 0 spiro atoms. The lowest BCUT2D eigenvalue weighted by molar-refractivity contribution is 0.354. The fourth-order valence-corrected chi connectivity index (χ4v) is 2.86. The Morgan fingerprint density at radius 2 is 2.50 bits per heavy atom.